The number of hydrogen-bond donors (Lipinski definition) is 0. The molecule has 0 amide bonds. The van der Waals surface area contributed by atoms with Gasteiger partial charge in [-0.2, -0.15) is 5.10 Å². The van der Waals surface area contributed by atoms with E-state index >= 15 is 0 Å². The van der Waals surface area contributed by atoms with Crippen molar-refractivity contribution in [3.63, 3.8) is 0 Å². The number of benzene rings is 3. The summed E-state index contributed by atoms with van der Waals surface area (Å²) in [4.78, 5) is 12.1. The summed E-state index contributed by atoms with van der Waals surface area (Å²) < 4.78 is 20.5. The third kappa shape index (κ3) is 4.15. The van der Waals surface area contributed by atoms with Gasteiger partial charge in [0.15, 0.2) is 0 Å². The maximum Gasteiger partial charge on any atom is 0.338 e. The van der Waals surface area contributed by atoms with Gasteiger partial charge in [-0.1, -0.05) is 35.9 Å². The largest absolute Gasteiger partial charge is 0.462 e. The average molecular weight is 409 g/mol. The molecule has 0 saturated heterocycles. The summed E-state index contributed by atoms with van der Waals surface area (Å²) in [5.41, 5.74) is 3.90. The molecule has 0 N–H and O–H groups in total. The van der Waals surface area contributed by atoms with Crippen molar-refractivity contribution in [2.45, 2.75) is 13.5 Å². The second kappa shape index (κ2) is 8.05. The van der Waals surface area contributed by atoms with Gasteiger partial charge in [-0.15, -0.1) is 0 Å². The van der Waals surface area contributed by atoms with Gasteiger partial charge in [0.05, 0.1) is 24.2 Å². The summed E-state index contributed by atoms with van der Waals surface area (Å²) >= 11 is 5.96. The Morgan fingerprint density at radius 3 is 2.76 bits per heavy atom. The van der Waals surface area contributed by atoms with Crippen molar-refractivity contribution in [1.29, 1.82) is 0 Å². The van der Waals surface area contributed by atoms with Crippen LogP contribution in [0.25, 0.3) is 22.0 Å². The normalized spacial score (nSPS) is 11.0. The van der Waals surface area contributed by atoms with E-state index in [1.54, 1.807) is 23.7 Å². The Kier molecular flexibility index (Phi) is 5.32. The number of ether oxygens (including phenoxy) is 1. The van der Waals surface area contributed by atoms with Crippen molar-refractivity contribution in [3.05, 3.63) is 88.8 Å². The predicted octanol–water partition coefficient (Wildman–Crippen LogP) is 5.72. The van der Waals surface area contributed by atoms with Crippen LogP contribution in [-0.4, -0.2) is 22.4 Å². The lowest BCUT2D eigenvalue weighted by atomic mass is 10.00. The fraction of sp³-hybridized carbons (Fsp3) is 0.130. The minimum absolute atomic E-state index is 0.329. The molecule has 0 bridgehead atoms. The average Bonchev–Trinajstić information content (AvgIpc) is 3.09. The molecule has 0 aliphatic carbocycles. The molecule has 0 atom stereocenters. The molecular weight excluding hydrogens is 391 g/mol. The van der Waals surface area contributed by atoms with Gasteiger partial charge in [0, 0.05) is 16.6 Å². The fourth-order valence-corrected chi connectivity index (χ4v) is 3.59. The quantitative estimate of drug-likeness (QED) is 0.396. The van der Waals surface area contributed by atoms with Crippen LogP contribution in [0.3, 0.4) is 0 Å². The Morgan fingerprint density at radius 1 is 1.14 bits per heavy atom. The first-order valence-corrected chi connectivity index (χ1v) is 9.60. The molecule has 0 aliphatic heterocycles. The Morgan fingerprint density at radius 2 is 1.97 bits per heavy atom. The maximum atomic E-state index is 13.6. The van der Waals surface area contributed by atoms with Gasteiger partial charge in [-0.25, -0.2) is 9.18 Å². The van der Waals surface area contributed by atoms with Crippen LogP contribution in [0.2, 0.25) is 5.02 Å². The SMILES string of the molecule is CCOC(=O)c1cccc(-c2cccc3nn(Cc4cc(F)cc(Cl)c4)cc23)c1. The number of carbonyl (C=O) groups is 1. The molecule has 0 unspecified atom stereocenters. The molecule has 29 heavy (non-hydrogen) atoms. The zero-order chi connectivity index (χ0) is 20.4. The summed E-state index contributed by atoms with van der Waals surface area (Å²) in [6, 6.07) is 17.6. The van der Waals surface area contributed by atoms with Crippen molar-refractivity contribution in [2.24, 2.45) is 0 Å². The second-order valence-corrected chi connectivity index (χ2v) is 7.08. The number of aromatic nitrogens is 2. The number of hydrogen-bond acceptors (Lipinski definition) is 3. The Labute approximate surface area is 172 Å². The zero-order valence-corrected chi connectivity index (χ0v) is 16.5. The highest BCUT2D eigenvalue weighted by atomic mass is 35.5. The van der Waals surface area contributed by atoms with Crippen LogP contribution in [0, 0.1) is 5.82 Å². The van der Waals surface area contributed by atoms with Crippen molar-refractivity contribution < 1.29 is 13.9 Å². The molecule has 1 heterocycles. The molecule has 146 valence electrons. The van der Waals surface area contributed by atoms with Crippen LogP contribution < -0.4 is 0 Å². The van der Waals surface area contributed by atoms with E-state index < -0.39 is 0 Å². The van der Waals surface area contributed by atoms with Gasteiger partial charge in [0.1, 0.15) is 5.82 Å². The van der Waals surface area contributed by atoms with E-state index in [1.165, 1.54) is 12.1 Å². The van der Waals surface area contributed by atoms with E-state index in [1.807, 2.05) is 42.6 Å². The minimum Gasteiger partial charge on any atom is -0.462 e. The molecule has 1 aromatic heterocycles. The first-order chi connectivity index (χ1) is 14.0. The number of esters is 1. The van der Waals surface area contributed by atoms with Crippen LogP contribution in [0.1, 0.15) is 22.8 Å². The van der Waals surface area contributed by atoms with E-state index in [0.717, 1.165) is 27.6 Å². The highest BCUT2D eigenvalue weighted by Crippen LogP contribution is 2.29. The van der Waals surface area contributed by atoms with Gasteiger partial charge in [-0.3, -0.25) is 4.68 Å². The number of nitrogens with zero attached hydrogens (tertiary/aromatic N) is 2. The molecular formula is C23H18ClFN2O2. The fourth-order valence-electron chi connectivity index (χ4n) is 3.34. The lowest BCUT2D eigenvalue weighted by Gasteiger charge is -2.06. The smallest absolute Gasteiger partial charge is 0.338 e. The lowest BCUT2D eigenvalue weighted by molar-refractivity contribution is 0.0526. The zero-order valence-electron chi connectivity index (χ0n) is 15.7. The van der Waals surface area contributed by atoms with Crippen LogP contribution in [0.5, 0.6) is 0 Å². The van der Waals surface area contributed by atoms with Crippen LogP contribution >= 0.6 is 11.6 Å². The Balaban J connectivity index is 1.72. The second-order valence-electron chi connectivity index (χ2n) is 6.64. The monoisotopic (exact) mass is 408 g/mol. The third-order valence-corrected chi connectivity index (χ3v) is 4.77. The van der Waals surface area contributed by atoms with Crippen LogP contribution in [0.15, 0.2) is 66.9 Å². The summed E-state index contributed by atoms with van der Waals surface area (Å²) in [5.74, 6) is -0.721. The van der Waals surface area contributed by atoms with E-state index in [9.17, 15) is 9.18 Å². The molecule has 0 aliphatic rings. The topological polar surface area (TPSA) is 44.1 Å². The molecule has 6 heteroatoms. The molecule has 0 saturated carbocycles. The number of fused-ring (bicyclic) bond motifs is 1. The molecule has 3 aromatic carbocycles. The first-order valence-electron chi connectivity index (χ1n) is 9.22. The van der Waals surface area contributed by atoms with E-state index in [2.05, 4.69) is 5.10 Å². The summed E-state index contributed by atoms with van der Waals surface area (Å²) in [6.45, 7) is 2.51. The highest BCUT2D eigenvalue weighted by Gasteiger charge is 2.12. The van der Waals surface area contributed by atoms with Crippen LogP contribution in [-0.2, 0) is 11.3 Å². The van der Waals surface area contributed by atoms with Crippen LogP contribution in [0.4, 0.5) is 4.39 Å². The van der Waals surface area contributed by atoms with E-state index in [0.29, 0.717) is 23.7 Å². The van der Waals surface area contributed by atoms with Crippen molar-refractivity contribution in [2.75, 3.05) is 6.61 Å². The number of carbonyl (C=O) groups excluding carboxylic acids is 1. The first kappa shape index (κ1) is 19.2. The molecule has 0 fully saturated rings. The highest BCUT2D eigenvalue weighted by molar-refractivity contribution is 6.30. The number of rotatable bonds is 5. The summed E-state index contributed by atoms with van der Waals surface area (Å²) in [5, 5.41) is 5.90. The van der Waals surface area contributed by atoms with Gasteiger partial charge in [0.25, 0.3) is 0 Å². The summed E-state index contributed by atoms with van der Waals surface area (Å²) in [7, 11) is 0. The van der Waals surface area contributed by atoms with E-state index in [-0.39, 0.29) is 11.8 Å². The maximum absolute atomic E-state index is 13.6. The molecule has 4 rings (SSSR count). The predicted molar refractivity (Wildman–Crippen MR) is 112 cm³/mol. The van der Waals surface area contributed by atoms with Crippen molar-refractivity contribution in [3.8, 4) is 11.1 Å². The van der Waals surface area contributed by atoms with Gasteiger partial charge >= 0.3 is 5.97 Å². The van der Waals surface area contributed by atoms with Gasteiger partial charge in [0.2, 0.25) is 0 Å². The van der Waals surface area contributed by atoms with Gasteiger partial charge in [-0.05, 0) is 60.0 Å². The summed E-state index contributed by atoms with van der Waals surface area (Å²) in [6.07, 6.45) is 1.92. The molecule has 4 nitrogen and oxygen atoms in total. The standard InChI is InChI=1S/C23H18ClFN2O2/c1-2-29-23(28)17-6-3-5-16(11-17)20-7-4-8-22-21(20)14-27(26-22)13-15-9-18(24)12-19(25)10-15/h3-12,14H,2,13H2,1H3. The van der Waals surface area contributed by atoms with E-state index in [4.69, 9.17) is 16.3 Å². The number of halogens is 2. The van der Waals surface area contributed by atoms with Crippen molar-refractivity contribution >= 4 is 28.5 Å². The Hall–Kier alpha value is -3.18. The van der Waals surface area contributed by atoms with Crippen molar-refractivity contribution in [1.82, 2.24) is 9.78 Å². The Bertz CT molecular complexity index is 1180. The molecule has 4 aromatic rings. The molecule has 0 radical (unpaired) electrons. The van der Waals surface area contributed by atoms with Gasteiger partial charge < -0.3 is 4.74 Å². The minimum atomic E-state index is -0.374. The third-order valence-electron chi connectivity index (χ3n) is 4.55. The lowest BCUT2D eigenvalue weighted by Crippen LogP contribution is -2.04. The molecule has 0 spiro atoms.